The molecule has 5 fully saturated rings. The molecule has 0 aromatic heterocycles. The fourth-order valence-electron chi connectivity index (χ4n) is 13.5. The van der Waals surface area contributed by atoms with E-state index < -0.39 is 0 Å². The van der Waals surface area contributed by atoms with E-state index in [4.69, 9.17) is 0 Å². The van der Waals surface area contributed by atoms with Gasteiger partial charge in [0.25, 0.3) is 0 Å². The summed E-state index contributed by atoms with van der Waals surface area (Å²) < 4.78 is 0. The fourth-order valence-corrected chi connectivity index (χ4v) is 13.5. The van der Waals surface area contributed by atoms with Gasteiger partial charge in [-0.3, -0.25) is 0 Å². The Hall–Kier alpha value is -0.617. The molecule has 0 nitrogen and oxygen atoms in total. The van der Waals surface area contributed by atoms with Gasteiger partial charge in [0.2, 0.25) is 0 Å². The van der Waals surface area contributed by atoms with E-state index in [9.17, 15) is 0 Å². The minimum Gasteiger partial charge on any atom is -1.00 e. The van der Waals surface area contributed by atoms with Crippen LogP contribution in [-0.2, 0) is 37.0 Å². The summed E-state index contributed by atoms with van der Waals surface area (Å²) >= 11 is 0. The van der Waals surface area contributed by atoms with Crippen LogP contribution in [0, 0.1) is 46.3 Å². The Morgan fingerprint density at radius 2 is 1.21 bits per heavy atom. The van der Waals surface area contributed by atoms with Crippen LogP contribution in [0.25, 0.3) is 11.1 Å². The topological polar surface area (TPSA) is 0 Å². The van der Waals surface area contributed by atoms with E-state index in [-0.39, 0.29) is 67.3 Å². The molecule has 3 atom stereocenters. The summed E-state index contributed by atoms with van der Waals surface area (Å²) in [5, 5.41) is 0. The molecule has 256 valence electrons. The molecule has 8 aliphatic carbocycles. The molecule has 0 aliphatic heterocycles. The summed E-state index contributed by atoms with van der Waals surface area (Å²) in [6, 6.07) is 15.3. The zero-order valence-electron chi connectivity index (χ0n) is 30.9. The maximum atomic E-state index is 2.94. The second-order valence-corrected chi connectivity index (χ2v) is 19.8. The third kappa shape index (κ3) is 5.10. The molecule has 10 rings (SSSR count). The van der Waals surface area contributed by atoms with Gasteiger partial charge in [-0.2, -0.15) is 0 Å². The first-order valence-corrected chi connectivity index (χ1v) is 19.0. The van der Waals surface area contributed by atoms with Crippen LogP contribution < -0.4 is 24.8 Å². The van der Waals surface area contributed by atoms with Gasteiger partial charge in [-0.25, -0.2) is 0 Å². The summed E-state index contributed by atoms with van der Waals surface area (Å²) in [4.78, 5) is 0. The largest absolute Gasteiger partial charge is 2.00 e. The van der Waals surface area contributed by atoms with E-state index >= 15 is 0 Å². The Bertz CT molecular complexity index is 1560. The van der Waals surface area contributed by atoms with Gasteiger partial charge in [-0.05, 0) is 148 Å². The average Bonchev–Trinajstić information content (AvgIpc) is 3.71. The Labute approximate surface area is 324 Å². The zero-order valence-corrected chi connectivity index (χ0v) is 34.9. The van der Waals surface area contributed by atoms with Crippen LogP contribution in [0.5, 0.6) is 0 Å². The van der Waals surface area contributed by atoms with E-state index in [1.54, 1.807) is 30.4 Å². The third-order valence-corrected chi connectivity index (χ3v) is 15.0. The molecule has 3 unspecified atom stereocenters. The van der Waals surface area contributed by atoms with E-state index in [0.717, 1.165) is 29.6 Å². The van der Waals surface area contributed by atoms with Gasteiger partial charge in [-0.15, -0.1) is 0 Å². The summed E-state index contributed by atoms with van der Waals surface area (Å²) in [5.41, 5.74) is 16.0. The molecule has 48 heavy (non-hydrogen) atoms. The Balaban J connectivity index is 0.00000134. The number of allylic oxidation sites excluding steroid dienone is 4. The maximum absolute atomic E-state index is 2.94. The third-order valence-electron chi connectivity index (χ3n) is 15.0. The first kappa shape index (κ1) is 37.2. The van der Waals surface area contributed by atoms with Crippen LogP contribution in [0.4, 0.5) is 0 Å². The van der Waals surface area contributed by atoms with Crippen molar-refractivity contribution in [3.8, 4) is 11.1 Å². The van der Waals surface area contributed by atoms with Gasteiger partial charge in [0.15, 0.2) is 0 Å². The Morgan fingerprint density at radius 1 is 0.708 bits per heavy atom. The normalized spacial score (nSPS) is 34.3. The molecule has 4 bridgehead atoms. The predicted molar refractivity (Wildman–Crippen MR) is 190 cm³/mol. The number of fused-ring (bicyclic) bond motifs is 5. The van der Waals surface area contributed by atoms with Gasteiger partial charge < -0.3 is 24.8 Å². The Kier molecular flexibility index (Phi) is 9.47. The van der Waals surface area contributed by atoms with Gasteiger partial charge in [0.05, 0.1) is 0 Å². The SMILES string of the molecule is CC(C)C1(C2c3cc(C(C)(C)C)ccc3-c3ccc(C(C)(C)C)cc32)C2=C(CC(C34CC5CC(CC(C5)C3)C4)=C2)C2CCCC21.[Cl-].[Cl-].[Zr+2]. The van der Waals surface area contributed by atoms with E-state index in [2.05, 4.69) is 97.9 Å². The number of hydrogen-bond acceptors (Lipinski definition) is 0. The number of benzene rings is 2. The van der Waals surface area contributed by atoms with E-state index in [1.807, 2.05) is 16.7 Å². The number of rotatable bonds is 3. The van der Waals surface area contributed by atoms with Crippen molar-refractivity contribution in [1.29, 1.82) is 0 Å². The Morgan fingerprint density at radius 3 is 1.67 bits per heavy atom. The van der Waals surface area contributed by atoms with Crippen molar-refractivity contribution in [2.75, 3.05) is 0 Å². The predicted octanol–water partition coefficient (Wildman–Crippen LogP) is 6.31. The van der Waals surface area contributed by atoms with Gasteiger partial charge >= 0.3 is 26.2 Å². The van der Waals surface area contributed by atoms with Crippen molar-refractivity contribution in [3.05, 3.63) is 81.4 Å². The molecule has 8 aliphatic rings. The number of hydrogen-bond donors (Lipinski definition) is 0. The summed E-state index contributed by atoms with van der Waals surface area (Å²) in [5.74, 6) is 5.66. The quantitative estimate of drug-likeness (QED) is 0.344. The van der Waals surface area contributed by atoms with Gasteiger partial charge in [-0.1, -0.05) is 115 Å². The first-order chi connectivity index (χ1) is 21.3. The summed E-state index contributed by atoms with van der Waals surface area (Å²) in [6.07, 6.45) is 17.7. The molecule has 0 heterocycles. The molecule has 0 N–H and O–H groups in total. The van der Waals surface area contributed by atoms with Crippen molar-refractivity contribution in [2.24, 2.45) is 46.3 Å². The standard InChI is InChI=1S/C45H58.2ClH.Zr/c1-26(2)45(41-37-19-30(42(3,4)5)12-14-33(37)34-15-13-31(20-38(34)41)43(6,7)8)39-11-9-10-35(39)36-21-32(22-40(36)45)44-23-27-16-28(24-44)18-29(17-27)25-44;;;/h12-15,19-20,22,26-29,35,39,41H,9-11,16-18,21,23-25H2,1-8H3;2*1H;/q;;;+2/p-2. The van der Waals surface area contributed by atoms with E-state index in [1.165, 1.54) is 67.2 Å². The van der Waals surface area contributed by atoms with Crippen LogP contribution >= 0.6 is 0 Å². The average molecular weight is 761 g/mol. The summed E-state index contributed by atoms with van der Waals surface area (Å²) in [7, 11) is 0. The van der Waals surface area contributed by atoms with Crippen LogP contribution in [0.1, 0.15) is 148 Å². The van der Waals surface area contributed by atoms with Crippen molar-refractivity contribution >= 4 is 0 Å². The van der Waals surface area contributed by atoms with Crippen molar-refractivity contribution in [3.63, 3.8) is 0 Å². The maximum Gasteiger partial charge on any atom is 2.00 e. The number of halogens is 2. The zero-order chi connectivity index (χ0) is 31.3. The van der Waals surface area contributed by atoms with Crippen molar-refractivity contribution < 1.29 is 51.0 Å². The van der Waals surface area contributed by atoms with Gasteiger partial charge in [0.1, 0.15) is 0 Å². The monoisotopic (exact) mass is 758 g/mol. The van der Waals surface area contributed by atoms with Gasteiger partial charge in [0, 0.05) is 11.3 Å². The molecule has 2 aromatic carbocycles. The minimum absolute atomic E-state index is 0. The first-order valence-electron chi connectivity index (χ1n) is 19.0. The molecule has 0 spiro atoms. The summed E-state index contributed by atoms with van der Waals surface area (Å²) in [6.45, 7) is 19.7. The molecule has 5 saturated carbocycles. The van der Waals surface area contributed by atoms with Crippen molar-refractivity contribution in [2.45, 2.75) is 136 Å². The molecule has 3 heteroatoms. The fraction of sp³-hybridized carbons (Fsp3) is 0.644. The second kappa shape index (κ2) is 12.2. The molecule has 0 radical (unpaired) electrons. The molecule has 0 saturated heterocycles. The van der Waals surface area contributed by atoms with Crippen molar-refractivity contribution in [1.82, 2.24) is 0 Å². The minimum atomic E-state index is 0. The molecular formula is C45H58Cl2Zr. The van der Waals surface area contributed by atoms with Crippen LogP contribution in [0.15, 0.2) is 59.2 Å². The van der Waals surface area contributed by atoms with E-state index in [0.29, 0.717) is 17.3 Å². The van der Waals surface area contributed by atoms with Crippen LogP contribution in [0.2, 0.25) is 0 Å². The molecule has 0 amide bonds. The second-order valence-electron chi connectivity index (χ2n) is 19.8. The van der Waals surface area contributed by atoms with Crippen LogP contribution in [-0.4, -0.2) is 0 Å². The molecular weight excluding hydrogens is 703 g/mol. The van der Waals surface area contributed by atoms with Crippen LogP contribution in [0.3, 0.4) is 0 Å². The molecule has 2 aromatic rings. The smallest absolute Gasteiger partial charge is 1.00 e.